The van der Waals surface area contributed by atoms with E-state index in [2.05, 4.69) is 4.98 Å². The lowest BCUT2D eigenvalue weighted by Gasteiger charge is -2.42. The Labute approximate surface area is 88.7 Å². The Hall–Kier alpha value is -1.26. The van der Waals surface area contributed by atoms with Crippen molar-refractivity contribution in [2.45, 2.75) is 19.3 Å². The second kappa shape index (κ2) is 4.08. The number of carbonyl (C=O) groups excluding carboxylic acids is 1. The lowest BCUT2D eigenvalue weighted by atomic mass is 10.1. The molecule has 2 rings (SSSR count). The number of hydrogen-bond donors (Lipinski definition) is 0. The number of likely N-dealkylation sites (tertiary alicyclic amines) is 1. The van der Waals surface area contributed by atoms with Gasteiger partial charge >= 0.3 is 5.91 Å². The van der Waals surface area contributed by atoms with Crippen LogP contribution >= 0.6 is 0 Å². The van der Waals surface area contributed by atoms with Gasteiger partial charge in [-0.3, -0.25) is 9.63 Å². The van der Waals surface area contributed by atoms with Gasteiger partial charge < -0.3 is 5.21 Å². The Morgan fingerprint density at radius 1 is 1.33 bits per heavy atom. The molecule has 1 aromatic heterocycles. The van der Waals surface area contributed by atoms with Gasteiger partial charge in [-0.1, -0.05) is 0 Å². The number of amides is 1. The van der Waals surface area contributed by atoms with Crippen LogP contribution in [0.2, 0.25) is 0 Å². The Kier molecular flexibility index (Phi) is 2.79. The van der Waals surface area contributed by atoms with Crippen LogP contribution in [0.1, 0.15) is 29.6 Å². The van der Waals surface area contributed by atoms with E-state index in [4.69, 9.17) is 0 Å². The fourth-order valence-electron chi connectivity index (χ4n) is 1.95. The fourth-order valence-corrected chi connectivity index (χ4v) is 1.95. The normalized spacial score (nSPS) is 19.8. The molecule has 0 aromatic carbocycles. The van der Waals surface area contributed by atoms with Crippen LogP contribution in [0.25, 0.3) is 0 Å². The maximum absolute atomic E-state index is 12.2. The average molecular weight is 206 g/mol. The molecule has 0 radical (unpaired) electrons. The van der Waals surface area contributed by atoms with Crippen molar-refractivity contribution in [1.82, 2.24) is 4.98 Å². The number of piperidine rings is 1. The minimum absolute atomic E-state index is 0.345. The first-order valence-electron chi connectivity index (χ1n) is 5.25. The van der Waals surface area contributed by atoms with Crippen molar-refractivity contribution in [1.29, 1.82) is 0 Å². The molecule has 0 atom stereocenters. The molecular formula is C11H14N2O2. The van der Waals surface area contributed by atoms with Crippen molar-refractivity contribution in [2.75, 3.05) is 13.1 Å². The Bertz CT molecular complexity index is 345. The first kappa shape index (κ1) is 10.3. The van der Waals surface area contributed by atoms with E-state index in [1.165, 1.54) is 6.20 Å². The largest absolute Gasteiger partial charge is 0.625 e. The molecule has 1 amide bonds. The Balaban J connectivity index is 2.20. The van der Waals surface area contributed by atoms with Gasteiger partial charge in [0.15, 0.2) is 0 Å². The van der Waals surface area contributed by atoms with Crippen molar-refractivity contribution in [3.05, 3.63) is 35.3 Å². The zero-order chi connectivity index (χ0) is 10.7. The highest BCUT2D eigenvalue weighted by atomic mass is 16.6. The standard InChI is InChI=1S/C11H14N2O2/c14-11(10-5-4-6-12-9-10)13(15)7-2-1-3-8-13/h4-6,9H,1-3,7-8H2. The van der Waals surface area contributed by atoms with E-state index in [-0.39, 0.29) is 5.91 Å². The predicted octanol–water partition coefficient (Wildman–Crippen LogP) is 1.72. The number of pyridine rings is 1. The molecule has 2 heterocycles. The van der Waals surface area contributed by atoms with Gasteiger partial charge in [-0.15, -0.1) is 0 Å². The van der Waals surface area contributed by atoms with Crippen molar-refractivity contribution in [2.24, 2.45) is 0 Å². The zero-order valence-electron chi connectivity index (χ0n) is 8.56. The molecule has 15 heavy (non-hydrogen) atoms. The van der Waals surface area contributed by atoms with E-state index in [0.29, 0.717) is 18.7 Å². The van der Waals surface area contributed by atoms with Gasteiger partial charge in [0.25, 0.3) is 0 Å². The quantitative estimate of drug-likeness (QED) is 0.519. The van der Waals surface area contributed by atoms with E-state index >= 15 is 0 Å². The molecule has 80 valence electrons. The third-order valence-corrected chi connectivity index (χ3v) is 2.82. The van der Waals surface area contributed by atoms with Gasteiger partial charge in [0.1, 0.15) is 0 Å². The molecule has 0 unspecified atom stereocenters. The maximum atomic E-state index is 12.2. The summed E-state index contributed by atoms with van der Waals surface area (Å²) in [5.74, 6) is -0.345. The first-order chi connectivity index (χ1) is 7.22. The molecule has 0 aliphatic carbocycles. The van der Waals surface area contributed by atoms with Crippen LogP contribution in [-0.2, 0) is 0 Å². The molecule has 1 aromatic rings. The van der Waals surface area contributed by atoms with Gasteiger partial charge in [-0.2, -0.15) is 0 Å². The summed E-state index contributed by atoms with van der Waals surface area (Å²) in [6.07, 6.45) is 5.81. The van der Waals surface area contributed by atoms with Crippen molar-refractivity contribution < 1.29 is 9.44 Å². The summed E-state index contributed by atoms with van der Waals surface area (Å²) in [4.78, 5) is 15.8. The number of aromatic nitrogens is 1. The van der Waals surface area contributed by atoms with Gasteiger partial charge in [0.05, 0.1) is 18.7 Å². The fraction of sp³-hybridized carbons (Fsp3) is 0.455. The summed E-state index contributed by atoms with van der Waals surface area (Å²) in [6.45, 7) is 0.821. The van der Waals surface area contributed by atoms with Crippen LogP contribution in [0.3, 0.4) is 0 Å². The van der Waals surface area contributed by atoms with Crippen LogP contribution in [0, 0.1) is 5.21 Å². The van der Waals surface area contributed by atoms with E-state index in [1.807, 2.05) is 0 Å². The van der Waals surface area contributed by atoms with Gasteiger partial charge in [0, 0.05) is 12.4 Å². The summed E-state index contributed by atoms with van der Waals surface area (Å²) in [5, 5.41) is 12.2. The highest BCUT2D eigenvalue weighted by molar-refractivity contribution is 5.88. The molecule has 0 bridgehead atoms. The molecule has 0 N–H and O–H groups in total. The molecular weight excluding hydrogens is 192 g/mol. The zero-order valence-corrected chi connectivity index (χ0v) is 8.56. The molecule has 1 aliphatic heterocycles. The topological polar surface area (TPSA) is 53.0 Å². The summed E-state index contributed by atoms with van der Waals surface area (Å²) >= 11 is 0. The first-order valence-corrected chi connectivity index (χ1v) is 5.25. The lowest BCUT2D eigenvalue weighted by molar-refractivity contribution is -0.803. The summed E-state index contributed by atoms with van der Waals surface area (Å²) < 4.78 is -0.703. The van der Waals surface area contributed by atoms with Crippen LogP contribution in [0.15, 0.2) is 24.5 Å². The summed E-state index contributed by atoms with van der Waals surface area (Å²) in [7, 11) is 0. The van der Waals surface area contributed by atoms with Crippen molar-refractivity contribution in [3.8, 4) is 0 Å². The SMILES string of the molecule is O=C(c1cccnc1)[N+]1([O-])CCCCC1. The van der Waals surface area contributed by atoms with Crippen molar-refractivity contribution >= 4 is 5.91 Å². The molecule has 1 aliphatic rings. The van der Waals surface area contributed by atoms with E-state index in [1.54, 1.807) is 18.3 Å². The van der Waals surface area contributed by atoms with Crippen molar-refractivity contribution in [3.63, 3.8) is 0 Å². The maximum Gasteiger partial charge on any atom is 0.347 e. The molecule has 0 saturated carbocycles. The number of hydroxylamine groups is 3. The van der Waals surface area contributed by atoms with Crippen LogP contribution in [-0.4, -0.2) is 28.6 Å². The third kappa shape index (κ3) is 2.06. The molecule has 0 spiro atoms. The lowest BCUT2D eigenvalue weighted by Crippen LogP contribution is -2.50. The minimum Gasteiger partial charge on any atom is -0.625 e. The number of hydrogen-bond acceptors (Lipinski definition) is 3. The number of nitrogens with zero attached hydrogens (tertiary/aromatic N) is 2. The monoisotopic (exact) mass is 206 g/mol. The molecule has 4 nitrogen and oxygen atoms in total. The van der Waals surface area contributed by atoms with E-state index in [0.717, 1.165) is 19.3 Å². The predicted molar refractivity (Wildman–Crippen MR) is 55.8 cm³/mol. The number of quaternary nitrogens is 1. The molecule has 4 heteroatoms. The van der Waals surface area contributed by atoms with Gasteiger partial charge in [-0.05, 0) is 31.4 Å². The number of rotatable bonds is 1. The smallest absolute Gasteiger partial charge is 0.347 e. The van der Waals surface area contributed by atoms with Gasteiger partial charge in [-0.25, -0.2) is 4.79 Å². The Morgan fingerprint density at radius 3 is 2.67 bits per heavy atom. The molecule has 1 saturated heterocycles. The number of carbonyl (C=O) groups is 1. The average Bonchev–Trinajstić information content (AvgIpc) is 2.30. The second-order valence-corrected chi connectivity index (χ2v) is 3.94. The van der Waals surface area contributed by atoms with Crippen LogP contribution in [0.4, 0.5) is 0 Å². The van der Waals surface area contributed by atoms with E-state index in [9.17, 15) is 10.0 Å². The van der Waals surface area contributed by atoms with Crippen LogP contribution in [0.5, 0.6) is 0 Å². The molecule has 1 fully saturated rings. The summed E-state index contributed by atoms with van der Waals surface area (Å²) in [5.41, 5.74) is 0.425. The summed E-state index contributed by atoms with van der Waals surface area (Å²) in [6, 6.07) is 3.34. The van der Waals surface area contributed by atoms with E-state index < -0.39 is 4.65 Å². The Morgan fingerprint density at radius 2 is 2.07 bits per heavy atom. The highest BCUT2D eigenvalue weighted by Crippen LogP contribution is 2.20. The van der Waals surface area contributed by atoms with Crippen LogP contribution < -0.4 is 0 Å². The highest BCUT2D eigenvalue weighted by Gasteiger charge is 2.30. The minimum atomic E-state index is -0.703. The van der Waals surface area contributed by atoms with Gasteiger partial charge in [0.2, 0.25) is 0 Å². The second-order valence-electron chi connectivity index (χ2n) is 3.94. The third-order valence-electron chi connectivity index (χ3n) is 2.82.